The number of carbonyl (C=O) groups is 1. The molecule has 0 aromatic heterocycles. The fourth-order valence-corrected chi connectivity index (χ4v) is 4.83. The molecule has 8 heteroatoms. The minimum absolute atomic E-state index is 0. The first-order chi connectivity index (χ1) is 15.7. The van der Waals surface area contributed by atoms with Crippen molar-refractivity contribution in [2.75, 3.05) is 52.4 Å². The van der Waals surface area contributed by atoms with E-state index in [-0.39, 0.29) is 36.0 Å². The molecule has 184 valence electrons. The van der Waals surface area contributed by atoms with E-state index in [0.29, 0.717) is 13.2 Å². The van der Waals surface area contributed by atoms with Gasteiger partial charge < -0.3 is 19.9 Å². The Kier molecular flexibility index (Phi) is 10.7. The summed E-state index contributed by atoms with van der Waals surface area (Å²) in [5, 5.41) is 3.43. The zero-order chi connectivity index (χ0) is 22.2. The molecule has 4 rings (SSSR count). The van der Waals surface area contributed by atoms with E-state index < -0.39 is 0 Å². The highest BCUT2D eigenvalue weighted by Gasteiger charge is 2.30. The van der Waals surface area contributed by atoms with Crippen molar-refractivity contribution in [1.29, 1.82) is 0 Å². The summed E-state index contributed by atoms with van der Waals surface area (Å²) >= 11 is 0. The number of aliphatic imine (C=N–C) groups is 1. The lowest BCUT2D eigenvalue weighted by atomic mass is 10.1. The maximum absolute atomic E-state index is 12.6. The van der Waals surface area contributed by atoms with Crippen LogP contribution in [0.5, 0.6) is 0 Å². The molecule has 3 heterocycles. The normalized spacial score (nSPS) is 22.2. The Balaban J connectivity index is 0.00000306. The minimum atomic E-state index is -0.221. The molecule has 0 aliphatic carbocycles. The van der Waals surface area contributed by atoms with Gasteiger partial charge in [0.25, 0.3) is 5.91 Å². The molecule has 0 radical (unpaired) electrons. The minimum Gasteiger partial charge on any atom is -0.368 e. The number of ether oxygens (including phenoxy) is 1. The summed E-state index contributed by atoms with van der Waals surface area (Å²) in [6, 6.07) is 8.93. The standard InChI is InChI=1S/C25H39N5O2.HI/c1-2-26-25(30-16-14-29(15-17-30)24(31)23-7-6-18-32-23)27-19-21-8-10-22(11-9-21)20-28-12-4-3-5-13-28;/h8-11,23H,2-7,12-20H2,1H3,(H,26,27);1H. The van der Waals surface area contributed by atoms with Gasteiger partial charge in [0.05, 0.1) is 6.54 Å². The Bertz CT molecular complexity index is 753. The van der Waals surface area contributed by atoms with E-state index >= 15 is 0 Å². The number of rotatable bonds is 6. The maximum Gasteiger partial charge on any atom is 0.251 e. The van der Waals surface area contributed by atoms with Crippen molar-refractivity contribution in [3.05, 3.63) is 35.4 Å². The Morgan fingerprint density at radius 3 is 2.27 bits per heavy atom. The van der Waals surface area contributed by atoms with E-state index in [9.17, 15) is 4.79 Å². The molecule has 0 saturated carbocycles. The third-order valence-electron chi connectivity index (χ3n) is 6.72. The molecule has 1 aromatic rings. The molecule has 1 unspecified atom stereocenters. The highest BCUT2D eigenvalue weighted by molar-refractivity contribution is 14.0. The molecule has 3 fully saturated rings. The smallest absolute Gasteiger partial charge is 0.251 e. The average molecular weight is 570 g/mol. The van der Waals surface area contributed by atoms with Crippen LogP contribution in [0.3, 0.4) is 0 Å². The summed E-state index contributed by atoms with van der Waals surface area (Å²) in [6.45, 7) is 10.9. The number of benzene rings is 1. The van der Waals surface area contributed by atoms with Gasteiger partial charge in [0.15, 0.2) is 5.96 Å². The lowest BCUT2D eigenvalue weighted by Gasteiger charge is -2.37. The number of likely N-dealkylation sites (tertiary alicyclic amines) is 1. The summed E-state index contributed by atoms with van der Waals surface area (Å²) in [5.41, 5.74) is 2.62. The fourth-order valence-electron chi connectivity index (χ4n) is 4.83. The molecular formula is C25H40IN5O2. The number of hydrogen-bond donors (Lipinski definition) is 1. The molecular weight excluding hydrogens is 529 g/mol. The highest BCUT2D eigenvalue weighted by atomic mass is 127. The van der Waals surface area contributed by atoms with Crippen molar-refractivity contribution in [3.8, 4) is 0 Å². The number of guanidine groups is 1. The van der Waals surface area contributed by atoms with E-state index in [1.54, 1.807) is 0 Å². The van der Waals surface area contributed by atoms with Gasteiger partial charge in [0, 0.05) is 45.9 Å². The first kappa shape index (κ1) is 26.2. The maximum atomic E-state index is 12.6. The van der Waals surface area contributed by atoms with Gasteiger partial charge in [-0.05, 0) is 56.8 Å². The van der Waals surface area contributed by atoms with Gasteiger partial charge in [-0.25, -0.2) is 4.99 Å². The molecule has 33 heavy (non-hydrogen) atoms. The number of hydrogen-bond acceptors (Lipinski definition) is 4. The second-order valence-corrected chi connectivity index (χ2v) is 9.14. The molecule has 7 nitrogen and oxygen atoms in total. The number of carbonyl (C=O) groups excluding carboxylic acids is 1. The largest absolute Gasteiger partial charge is 0.368 e. The van der Waals surface area contributed by atoms with Crippen LogP contribution >= 0.6 is 24.0 Å². The van der Waals surface area contributed by atoms with E-state index in [4.69, 9.17) is 9.73 Å². The molecule has 1 aromatic carbocycles. The molecule has 3 saturated heterocycles. The predicted octanol–water partition coefficient (Wildman–Crippen LogP) is 3.08. The van der Waals surface area contributed by atoms with Crippen LogP contribution in [0.4, 0.5) is 0 Å². The summed E-state index contributed by atoms with van der Waals surface area (Å²) < 4.78 is 5.58. The van der Waals surface area contributed by atoms with Gasteiger partial charge in [0.1, 0.15) is 6.10 Å². The number of nitrogens with zero attached hydrogens (tertiary/aromatic N) is 4. The van der Waals surface area contributed by atoms with Crippen LogP contribution in [0.1, 0.15) is 50.2 Å². The number of piperazine rings is 1. The van der Waals surface area contributed by atoms with E-state index in [1.807, 2.05) is 4.90 Å². The van der Waals surface area contributed by atoms with Gasteiger partial charge in [-0.1, -0.05) is 30.7 Å². The second-order valence-electron chi connectivity index (χ2n) is 9.14. The molecule has 1 amide bonds. The van der Waals surface area contributed by atoms with Crippen molar-refractivity contribution in [3.63, 3.8) is 0 Å². The zero-order valence-electron chi connectivity index (χ0n) is 20.0. The van der Waals surface area contributed by atoms with Gasteiger partial charge in [-0.15, -0.1) is 24.0 Å². The molecule has 3 aliphatic heterocycles. The highest BCUT2D eigenvalue weighted by Crippen LogP contribution is 2.17. The number of amides is 1. The second kappa shape index (κ2) is 13.5. The molecule has 3 aliphatic rings. The van der Waals surface area contributed by atoms with Crippen LogP contribution in [0.15, 0.2) is 29.3 Å². The third kappa shape index (κ3) is 7.55. The summed E-state index contributed by atoms with van der Waals surface area (Å²) in [7, 11) is 0. The van der Waals surface area contributed by atoms with E-state index in [1.165, 1.54) is 43.5 Å². The van der Waals surface area contributed by atoms with Crippen LogP contribution in [-0.4, -0.2) is 85.1 Å². The third-order valence-corrected chi connectivity index (χ3v) is 6.72. The Labute approximate surface area is 215 Å². The van der Waals surface area contributed by atoms with Crippen LogP contribution < -0.4 is 5.32 Å². The van der Waals surface area contributed by atoms with Crippen LogP contribution in [0.2, 0.25) is 0 Å². The molecule has 1 atom stereocenters. The van der Waals surface area contributed by atoms with Crippen molar-refractivity contribution >= 4 is 35.8 Å². The van der Waals surface area contributed by atoms with Crippen LogP contribution in [0.25, 0.3) is 0 Å². The predicted molar refractivity (Wildman–Crippen MR) is 143 cm³/mol. The zero-order valence-corrected chi connectivity index (χ0v) is 22.3. The molecule has 1 N–H and O–H groups in total. The van der Waals surface area contributed by atoms with Gasteiger partial charge in [0.2, 0.25) is 0 Å². The quantitative estimate of drug-likeness (QED) is 0.324. The topological polar surface area (TPSA) is 60.4 Å². The fraction of sp³-hybridized carbons (Fsp3) is 0.680. The van der Waals surface area contributed by atoms with Crippen LogP contribution in [0, 0.1) is 0 Å². The first-order valence-electron chi connectivity index (χ1n) is 12.5. The van der Waals surface area contributed by atoms with Gasteiger partial charge in [-0.2, -0.15) is 0 Å². The average Bonchev–Trinajstić information content (AvgIpc) is 3.38. The summed E-state index contributed by atoms with van der Waals surface area (Å²) in [6.07, 6.45) is 5.67. The van der Waals surface area contributed by atoms with Gasteiger partial charge in [-0.3, -0.25) is 9.69 Å². The van der Waals surface area contributed by atoms with Crippen molar-refractivity contribution in [1.82, 2.24) is 20.0 Å². The van der Waals surface area contributed by atoms with E-state index in [0.717, 1.165) is 58.1 Å². The Hall–Kier alpha value is -1.39. The summed E-state index contributed by atoms with van der Waals surface area (Å²) in [4.78, 5) is 24.3. The lowest BCUT2D eigenvalue weighted by molar-refractivity contribution is -0.142. The molecule has 0 spiro atoms. The molecule has 0 bridgehead atoms. The Morgan fingerprint density at radius 2 is 1.64 bits per heavy atom. The number of piperidine rings is 1. The number of nitrogens with one attached hydrogen (secondary N) is 1. The number of halogens is 1. The SMILES string of the molecule is CCNC(=NCc1ccc(CN2CCCCC2)cc1)N1CCN(C(=O)C2CCCO2)CC1.I. The van der Waals surface area contributed by atoms with E-state index in [2.05, 4.69) is 46.3 Å². The van der Waals surface area contributed by atoms with Crippen molar-refractivity contribution < 1.29 is 9.53 Å². The summed E-state index contributed by atoms with van der Waals surface area (Å²) in [5.74, 6) is 1.10. The van der Waals surface area contributed by atoms with Crippen LogP contribution in [-0.2, 0) is 22.6 Å². The monoisotopic (exact) mass is 569 g/mol. The Morgan fingerprint density at radius 1 is 0.970 bits per heavy atom. The van der Waals surface area contributed by atoms with Gasteiger partial charge >= 0.3 is 0 Å². The first-order valence-corrected chi connectivity index (χ1v) is 12.5. The van der Waals surface area contributed by atoms with Crippen molar-refractivity contribution in [2.45, 2.75) is 58.2 Å². The lowest BCUT2D eigenvalue weighted by Crippen LogP contribution is -2.55. The van der Waals surface area contributed by atoms with Crippen molar-refractivity contribution in [2.24, 2.45) is 4.99 Å².